The topological polar surface area (TPSA) is 263 Å². The number of benzene rings is 3. The largest absolute Gasteiger partial charge is 0.494 e. The molecule has 5 aromatic rings. The number of ether oxygens (including phenoxy) is 3. The first-order valence-corrected chi connectivity index (χ1v) is 18.6. The Morgan fingerprint density at radius 3 is 2.33 bits per heavy atom. The van der Waals surface area contributed by atoms with Crippen LogP contribution in [-0.2, 0) is 17.8 Å². The molecule has 314 valence electrons. The standard InChI is InChI=1S/C41H46N10O9/c1-7-50-31(18-24(2)48-50)38(54)47-39-46-29-20-26(36(42)52)23-33(58-6)35(29)49(39)16-9-8-15-44-34-30(51(56)57)21-27(37(43)53)22-32(34)59-17-11-13-25-12-10-14-28(19-25)45-40(55)60-41(3,4)5/h8-14,18-23,44H,7,15-17H2,1-6H3,(H2,42,52)(H2,43,53)(H,45,55)(H,46,47,54)/b9-8+,13-11+. The molecule has 19 nitrogen and oxygen atoms in total. The van der Waals surface area contributed by atoms with E-state index >= 15 is 0 Å². The number of carbonyl (C=O) groups is 4. The van der Waals surface area contributed by atoms with Gasteiger partial charge in [-0.25, -0.2) is 9.78 Å². The van der Waals surface area contributed by atoms with E-state index in [1.807, 2.05) is 6.92 Å². The van der Waals surface area contributed by atoms with Crippen LogP contribution in [0.2, 0.25) is 0 Å². The van der Waals surface area contributed by atoms with Crippen LogP contribution < -0.4 is 36.9 Å². The van der Waals surface area contributed by atoms with Crippen LogP contribution in [0.25, 0.3) is 17.1 Å². The number of primary amides is 2. The van der Waals surface area contributed by atoms with Gasteiger partial charge in [0.15, 0.2) is 11.4 Å². The first-order valence-electron chi connectivity index (χ1n) is 18.6. The van der Waals surface area contributed by atoms with E-state index in [9.17, 15) is 29.3 Å². The summed E-state index contributed by atoms with van der Waals surface area (Å²) in [5.74, 6) is -1.63. The zero-order valence-corrected chi connectivity index (χ0v) is 33.9. The lowest BCUT2D eigenvalue weighted by Crippen LogP contribution is -2.27. The fourth-order valence-electron chi connectivity index (χ4n) is 6.00. The molecule has 0 saturated heterocycles. The zero-order chi connectivity index (χ0) is 43.7. The summed E-state index contributed by atoms with van der Waals surface area (Å²) in [5, 5.41) is 25.1. The van der Waals surface area contributed by atoms with E-state index in [0.29, 0.717) is 34.7 Å². The van der Waals surface area contributed by atoms with Gasteiger partial charge in [0, 0.05) is 42.5 Å². The summed E-state index contributed by atoms with van der Waals surface area (Å²) in [6.45, 7) is 9.48. The van der Waals surface area contributed by atoms with Gasteiger partial charge in [0.1, 0.15) is 29.2 Å². The summed E-state index contributed by atoms with van der Waals surface area (Å²) in [7, 11) is 1.42. The first-order chi connectivity index (χ1) is 28.5. The molecule has 0 spiro atoms. The number of hydrogen-bond donors (Lipinski definition) is 5. The minimum Gasteiger partial charge on any atom is -0.494 e. The summed E-state index contributed by atoms with van der Waals surface area (Å²) in [4.78, 5) is 66.1. The van der Waals surface area contributed by atoms with Crippen LogP contribution >= 0.6 is 0 Å². The molecule has 2 aromatic heterocycles. The summed E-state index contributed by atoms with van der Waals surface area (Å²) in [6.07, 6.45) is 6.19. The van der Waals surface area contributed by atoms with Gasteiger partial charge in [0.25, 0.3) is 11.6 Å². The molecule has 60 heavy (non-hydrogen) atoms. The highest BCUT2D eigenvalue weighted by Crippen LogP contribution is 2.36. The Balaban J connectivity index is 1.37. The van der Waals surface area contributed by atoms with Crippen molar-refractivity contribution in [2.75, 3.05) is 36.2 Å². The predicted molar refractivity (Wildman–Crippen MR) is 225 cm³/mol. The van der Waals surface area contributed by atoms with Crippen molar-refractivity contribution < 1.29 is 38.3 Å². The Kier molecular flexibility index (Phi) is 13.5. The fourth-order valence-corrected chi connectivity index (χ4v) is 6.00. The van der Waals surface area contributed by atoms with Crippen molar-refractivity contribution in [1.29, 1.82) is 0 Å². The molecule has 0 aliphatic carbocycles. The summed E-state index contributed by atoms with van der Waals surface area (Å²) < 4.78 is 20.1. The molecule has 5 rings (SSSR count). The Labute approximate surface area is 344 Å². The van der Waals surface area contributed by atoms with Crippen LogP contribution in [0.15, 0.2) is 72.8 Å². The monoisotopic (exact) mass is 822 g/mol. The average Bonchev–Trinajstić information content (AvgIpc) is 3.74. The van der Waals surface area contributed by atoms with Gasteiger partial charge in [-0.05, 0) is 82.7 Å². The quantitative estimate of drug-likeness (QED) is 0.0409. The Bertz CT molecular complexity index is 2510. The SMILES string of the molecule is CCn1nc(C)cc1C(=O)Nc1nc2cc(C(N)=O)cc(OC)c2n1C/C=C/CNc1c(OC/C=C/c2cccc(NC(=O)OC(C)(C)C)c2)cc(C(N)=O)cc1[N+](=O)[O-]. The molecule has 0 radical (unpaired) electrons. The van der Waals surface area contributed by atoms with E-state index in [2.05, 4.69) is 26.0 Å². The molecular weight excluding hydrogens is 777 g/mol. The van der Waals surface area contributed by atoms with Gasteiger partial charge in [-0.1, -0.05) is 30.4 Å². The number of nitrogens with one attached hydrogen (secondary N) is 3. The molecule has 0 unspecified atom stereocenters. The lowest BCUT2D eigenvalue weighted by atomic mass is 10.1. The predicted octanol–water partition coefficient (Wildman–Crippen LogP) is 6.04. The third-order valence-electron chi connectivity index (χ3n) is 8.56. The Morgan fingerprint density at radius 1 is 0.950 bits per heavy atom. The van der Waals surface area contributed by atoms with Crippen molar-refractivity contribution in [2.45, 2.75) is 53.3 Å². The van der Waals surface area contributed by atoms with Gasteiger partial charge in [-0.15, -0.1) is 0 Å². The maximum atomic E-state index is 13.5. The van der Waals surface area contributed by atoms with E-state index in [1.165, 1.54) is 25.3 Å². The molecule has 2 heterocycles. The number of nitro groups is 1. The van der Waals surface area contributed by atoms with E-state index in [4.69, 9.17) is 25.7 Å². The van der Waals surface area contributed by atoms with Gasteiger partial charge in [0.05, 0.1) is 23.2 Å². The highest BCUT2D eigenvalue weighted by Gasteiger charge is 2.24. The van der Waals surface area contributed by atoms with E-state index in [1.54, 1.807) is 91.6 Å². The molecule has 0 fully saturated rings. The van der Waals surface area contributed by atoms with Gasteiger partial charge in [0.2, 0.25) is 17.8 Å². The smallest absolute Gasteiger partial charge is 0.412 e. The minimum absolute atomic E-state index is 0.00135. The van der Waals surface area contributed by atoms with Gasteiger partial charge >= 0.3 is 6.09 Å². The zero-order valence-electron chi connectivity index (χ0n) is 33.9. The fraction of sp³-hybridized carbons (Fsp3) is 0.268. The molecule has 4 amide bonds. The normalized spacial score (nSPS) is 11.5. The van der Waals surface area contributed by atoms with Crippen LogP contribution in [0.4, 0.5) is 27.8 Å². The van der Waals surface area contributed by atoms with Crippen molar-refractivity contribution in [3.05, 3.63) is 111 Å². The lowest BCUT2D eigenvalue weighted by Gasteiger charge is -2.19. The number of nitrogens with two attached hydrogens (primary N) is 2. The van der Waals surface area contributed by atoms with Gasteiger partial charge in [-0.3, -0.25) is 39.8 Å². The minimum atomic E-state index is -0.887. The highest BCUT2D eigenvalue weighted by atomic mass is 16.6. The second kappa shape index (κ2) is 18.7. The number of aryl methyl sites for hydroxylation is 2. The summed E-state index contributed by atoms with van der Waals surface area (Å²) in [5.41, 5.74) is 13.0. The van der Waals surface area contributed by atoms with Crippen LogP contribution in [0.3, 0.4) is 0 Å². The molecule has 0 aliphatic rings. The van der Waals surface area contributed by atoms with Crippen LogP contribution in [0, 0.1) is 17.0 Å². The summed E-state index contributed by atoms with van der Waals surface area (Å²) in [6, 6.07) is 14.0. The lowest BCUT2D eigenvalue weighted by molar-refractivity contribution is -0.384. The van der Waals surface area contributed by atoms with Crippen LogP contribution in [-0.4, -0.2) is 73.9 Å². The summed E-state index contributed by atoms with van der Waals surface area (Å²) >= 11 is 0. The van der Waals surface area contributed by atoms with Crippen LogP contribution in [0.1, 0.15) is 70.2 Å². The molecule has 0 bridgehead atoms. The Morgan fingerprint density at radius 2 is 1.67 bits per heavy atom. The maximum Gasteiger partial charge on any atom is 0.412 e. The molecule has 0 atom stereocenters. The number of carbonyl (C=O) groups excluding carboxylic acids is 4. The van der Waals surface area contributed by atoms with E-state index in [-0.39, 0.29) is 54.0 Å². The van der Waals surface area contributed by atoms with Crippen molar-refractivity contribution >= 4 is 63.9 Å². The van der Waals surface area contributed by atoms with Crippen molar-refractivity contribution in [3.8, 4) is 11.5 Å². The number of nitro benzene ring substituents is 1. The first kappa shape index (κ1) is 43.4. The number of allylic oxidation sites excluding steroid dienone is 1. The highest BCUT2D eigenvalue weighted by molar-refractivity contribution is 6.04. The van der Waals surface area contributed by atoms with Gasteiger partial charge < -0.3 is 35.6 Å². The van der Waals surface area contributed by atoms with Crippen molar-refractivity contribution in [1.82, 2.24) is 19.3 Å². The third-order valence-corrected chi connectivity index (χ3v) is 8.56. The molecule has 0 saturated carbocycles. The molecule has 19 heteroatoms. The average molecular weight is 823 g/mol. The molecule has 7 N–H and O–H groups in total. The number of anilines is 3. The third kappa shape index (κ3) is 10.8. The molecular formula is C41H46N10O9. The Hall–Kier alpha value is -7.70. The molecule has 3 aromatic carbocycles. The molecule has 0 aliphatic heterocycles. The van der Waals surface area contributed by atoms with Gasteiger partial charge in [-0.2, -0.15) is 5.10 Å². The number of hydrogen-bond acceptors (Lipinski definition) is 12. The number of aromatic nitrogens is 4. The number of nitrogens with zero attached hydrogens (tertiary/aromatic N) is 5. The van der Waals surface area contributed by atoms with Crippen molar-refractivity contribution in [3.63, 3.8) is 0 Å². The second-order valence-electron chi connectivity index (χ2n) is 14.2. The van der Waals surface area contributed by atoms with E-state index < -0.39 is 40.0 Å². The number of fused-ring (bicyclic) bond motifs is 1. The number of rotatable bonds is 17. The number of methoxy groups -OCH3 is 1. The van der Waals surface area contributed by atoms with Crippen molar-refractivity contribution in [2.24, 2.45) is 11.5 Å². The second-order valence-corrected chi connectivity index (χ2v) is 14.2. The maximum absolute atomic E-state index is 13.5. The van der Waals surface area contributed by atoms with Crippen LogP contribution in [0.5, 0.6) is 11.5 Å². The number of amides is 4. The number of imidazole rings is 1. The van der Waals surface area contributed by atoms with E-state index in [0.717, 1.165) is 11.6 Å².